The maximum Gasteiger partial charge on any atom is 0.292 e. The van der Waals surface area contributed by atoms with E-state index in [4.69, 9.17) is 9.47 Å². The van der Waals surface area contributed by atoms with Crippen LogP contribution in [-0.4, -0.2) is 25.7 Å². The van der Waals surface area contributed by atoms with Crippen LogP contribution < -0.4 is 14.4 Å². The first-order valence-electron chi connectivity index (χ1n) is 7.97. The molecule has 0 aliphatic carbocycles. The molecule has 1 saturated heterocycles. The van der Waals surface area contributed by atoms with Crippen molar-refractivity contribution in [3.63, 3.8) is 0 Å². The van der Waals surface area contributed by atoms with Gasteiger partial charge in [-0.25, -0.2) is 4.39 Å². The zero-order chi connectivity index (χ0) is 18.0. The fraction of sp³-hybridized carbons (Fsp3) is 0.333. The summed E-state index contributed by atoms with van der Waals surface area (Å²) in [5.41, 5.74) is 1.06. The van der Waals surface area contributed by atoms with Crippen LogP contribution in [0.3, 0.4) is 0 Å². The van der Waals surface area contributed by atoms with Crippen LogP contribution in [0.2, 0.25) is 0 Å². The number of nitrogens with zero attached hydrogens (tertiary/aromatic N) is 2. The molecule has 3 rings (SSSR count). The molecule has 25 heavy (non-hydrogen) atoms. The number of ether oxygens (including phenoxy) is 2. The SMILES string of the molecule is COc1ccc(OC)c(C2CCCN2c2cc(F)ccc2[N+](=O)[O-])c1. The van der Waals surface area contributed by atoms with Gasteiger partial charge in [0.2, 0.25) is 0 Å². The molecule has 0 spiro atoms. The van der Waals surface area contributed by atoms with Gasteiger partial charge in [0.15, 0.2) is 0 Å². The van der Waals surface area contributed by atoms with Crippen LogP contribution in [0, 0.1) is 15.9 Å². The van der Waals surface area contributed by atoms with Gasteiger partial charge >= 0.3 is 0 Å². The first-order valence-corrected chi connectivity index (χ1v) is 7.97. The lowest BCUT2D eigenvalue weighted by atomic mass is 10.0. The molecule has 1 aliphatic heterocycles. The Morgan fingerprint density at radius 3 is 2.68 bits per heavy atom. The van der Waals surface area contributed by atoms with Crippen LogP contribution >= 0.6 is 0 Å². The monoisotopic (exact) mass is 346 g/mol. The highest BCUT2D eigenvalue weighted by Gasteiger charge is 2.33. The Morgan fingerprint density at radius 1 is 1.20 bits per heavy atom. The van der Waals surface area contributed by atoms with Crippen molar-refractivity contribution in [2.45, 2.75) is 18.9 Å². The van der Waals surface area contributed by atoms with Crippen molar-refractivity contribution in [2.24, 2.45) is 0 Å². The number of methoxy groups -OCH3 is 2. The van der Waals surface area contributed by atoms with Gasteiger partial charge < -0.3 is 14.4 Å². The highest BCUT2D eigenvalue weighted by atomic mass is 19.1. The van der Waals surface area contributed by atoms with Crippen LogP contribution in [0.25, 0.3) is 0 Å². The maximum atomic E-state index is 13.8. The number of hydrogen-bond donors (Lipinski definition) is 0. The zero-order valence-corrected chi connectivity index (χ0v) is 14.1. The summed E-state index contributed by atoms with van der Waals surface area (Å²) in [5.74, 6) is 0.858. The van der Waals surface area contributed by atoms with E-state index in [1.165, 1.54) is 12.1 Å². The summed E-state index contributed by atoms with van der Waals surface area (Å²) in [7, 11) is 3.16. The van der Waals surface area contributed by atoms with Crippen LogP contribution in [0.4, 0.5) is 15.8 Å². The van der Waals surface area contributed by atoms with E-state index in [2.05, 4.69) is 0 Å². The topological polar surface area (TPSA) is 64.8 Å². The Hall–Kier alpha value is -2.83. The first-order chi connectivity index (χ1) is 12.0. The van der Waals surface area contributed by atoms with Gasteiger partial charge in [-0.3, -0.25) is 10.1 Å². The molecule has 0 bridgehead atoms. The van der Waals surface area contributed by atoms with E-state index in [1.807, 2.05) is 17.0 Å². The zero-order valence-electron chi connectivity index (χ0n) is 14.1. The lowest BCUT2D eigenvalue weighted by Gasteiger charge is -2.28. The molecule has 1 aliphatic rings. The quantitative estimate of drug-likeness (QED) is 0.602. The van der Waals surface area contributed by atoms with Gasteiger partial charge in [-0.15, -0.1) is 0 Å². The molecule has 0 N–H and O–H groups in total. The molecule has 0 radical (unpaired) electrons. The Balaban J connectivity index is 2.08. The molecule has 7 heteroatoms. The molecular formula is C18H19FN2O4. The third-order valence-corrected chi connectivity index (χ3v) is 4.49. The average molecular weight is 346 g/mol. The second-order valence-electron chi connectivity index (χ2n) is 5.85. The number of nitro groups is 1. The lowest BCUT2D eigenvalue weighted by molar-refractivity contribution is -0.384. The number of benzene rings is 2. The minimum atomic E-state index is -0.496. The molecule has 1 heterocycles. The van der Waals surface area contributed by atoms with E-state index in [9.17, 15) is 14.5 Å². The molecule has 132 valence electrons. The third kappa shape index (κ3) is 3.22. The van der Waals surface area contributed by atoms with Crippen LogP contribution in [0.5, 0.6) is 11.5 Å². The van der Waals surface area contributed by atoms with Crippen molar-refractivity contribution in [3.8, 4) is 11.5 Å². The van der Waals surface area contributed by atoms with Crippen molar-refractivity contribution in [1.29, 1.82) is 0 Å². The average Bonchev–Trinajstić information content (AvgIpc) is 3.10. The molecule has 2 aromatic carbocycles. The van der Waals surface area contributed by atoms with Crippen molar-refractivity contribution >= 4 is 11.4 Å². The van der Waals surface area contributed by atoms with Gasteiger partial charge in [0.25, 0.3) is 5.69 Å². The Bertz CT molecular complexity index is 797. The summed E-state index contributed by atoms with van der Waals surface area (Å²) >= 11 is 0. The van der Waals surface area contributed by atoms with Gasteiger partial charge in [0.05, 0.1) is 25.2 Å². The van der Waals surface area contributed by atoms with Crippen molar-refractivity contribution in [1.82, 2.24) is 0 Å². The smallest absolute Gasteiger partial charge is 0.292 e. The van der Waals surface area contributed by atoms with E-state index in [1.54, 1.807) is 20.3 Å². The Kier molecular flexibility index (Phi) is 4.74. The maximum absolute atomic E-state index is 13.8. The minimum absolute atomic E-state index is 0.102. The molecule has 1 fully saturated rings. The lowest BCUT2D eigenvalue weighted by Crippen LogP contribution is -2.24. The Labute approximate surface area is 144 Å². The second-order valence-corrected chi connectivity index (χ2v) is 5.85. The van der Waals surface area contributed by atoms with Crippen molar-refractivity contribution in [3.05, 3.63) is 57.9 Å². The summed E-state index contributed by atoms with van der Waals surface area (Å²) in [6, 6.07) is 8.87. The van der Waals surface area contributed by atoms with Gasteiger partial charge in [-0.05, 0) is 37.1 Å². The molecule has 0 aromatic heterocycles. The predicted octanol–water partition coefficient (Wildman–Crippen LogP) is 4.09. The van der Waals surface area contributed by atoms with Crippen LogP contribution in [0.1, 0.15) is 24.4 Å². The Morgan fingerprint density at radius 2 is 2.00 bits per heavy atom. The molecule has 1 atom stereocenters. The van der Waals surface area contributed by atoms with E-state index < -0.39 is 10.7 Å². The highest BCUT2D eigenvalue weighted by molar-refractivity contribution is 5.65. The van der Waals surface area contributed by atoms with Gasteiger partial charge in [-0.2, -0.15) is 0 Å². The number of anilines is 1. The summed E-state index contributed by atoms with van der Waals surface area (Å²) in [6.45, 7) is 0.606. The molecule has 0 saturated carbocycles. The van der Waals surface area contributed by atoms with Gasteiger partial charge in [0, 0.05) is 24.2 Å². The normalized spacial score (nSPS) is 16.8. The largest absolute Gasteiger partial charge is 0.497 e. The van der Waals surface area contributed by atoms with Crippen molar-refractivity contribution in [2.75, 3.05) is 25.7 Å². The minimum Gasteiger partial charge on any atom is -0.497 e. The fourth-order valence-corrected chi connectivity index (χ4v) is 3.36. The summed E-state index contributed by atoms with van der Waals surface area (Å²) in [5, 5.41) is 11.4. The molecule has 1 unspecified atom stereocenters. The van der Waals surface area contributed by atoms with Crippen LogP contribution in [-0.2, 0) is 0 Å². The molecular weight excluding hydrogens is 327 g/mol. The summed E-state index contributed by atoms with van der Waals surface area (Å²) in [4.78, 5) is 12.8. The van der Waals surface area contributed by atoms with E-state index in [-0.39, 0.29) is 17.4 Å². The summed E-state index contributed by atoms with van der Waals surface area (Å²) in [6.07, 6.45) is 1.63. The molecule has 6 nitrogen and oxygen atoms in total. The molecule has 2 aromatic rings. The standard InChI is InChI=1S/C18H19FN2O4/c1-24-13-6-8-18(25-2)14(11-13)15-4-3-9-20(15)17-10-12(19)5-7-16(17)21(22)23/h5-8,10-11,15H,3-4,9H2,1-2H3. The predicted molar refractivity (Wildman–Crippen MR) is 91.9 cm³/mol. The molecule has 0 amide bonds. The first kappa shape index (κ1) is 17.0. The third-order valence-electron chi connectivity index (χ3n) is 4.49. The number of hydrogen-bond acceptors (Lipinski definition) is 5. The van der Waals surface area contributed by atoms with E-state index in [0.717, 1.165) is 24.5 Å². The van der Waals surface area contributed by atoms with E-state index >= 15 is 0 Å². The number of rotatable bonds is 5. The number of nitro benzene ring substituents is 1. The van der Waals surface area contributed by atoms with E-state index in [0.29, 0.717) is 18.0 Å². The highest BCUT2D eigenvalue weighted by Crippen LogP contribution is 2.44. The fourth-order valence-electron chi connectivity index (χ4n) is 3.36. The van der Waals surface area contributed by atoms with Gasteiger partial charge in [-0.1, -0.05) is 0 Å². The second kappa shape index (κ2) is 6.96. The number of halogens is 1. The van der Waals surface area contributed by atoms with Crippen molar-refractivity contribution < 1.29 is 18.8 Å². The summed E-state index contributed by atoms with van der Waals surface area (Å²) < 4.78 is 24.5. The van der Waals surface area contributed by atoms with Crippen LogP contribution in [0.15, 0.2) is 36.4 Å². The van der Waals surface area contributed by atoms with Gasteiger partial charge in [0.1, 0.15) is 23.0 Å².